The van der Waals surface area contributed by atoms with Gasteiger partial charge in [0.05, 0.1) is 5.41 Å². The molecule has 34 heavy (non-hydrogen) atoms. The van der Waals surface area contributed by atoms with Crippen LogP contribution < -0.4 is 10.6 Å². The fraction of sp³-hybridized carbons (Fsp3) is 0.0345. The first-order valence-electron chi connectivity index (χ1n) is 11.1. The lowest BCUT2D eigenvalue weighted by Gasteiger charge is -2.29. The number of hydrogen-bond acceptors (Lipinski definition) is 5. The second-order valence-electron chi connectivity index (χ2n) is 7.93. The molecule has 2 N–H and O–H groups in total. The van der Waals surface area contributed by atoms with E-state index in [4.69, 9.17) is 9.97 Å². The molecule has 5 aromatic rings. The molecule has 0 amide bonds. The van der Waals surface area contributed by atoms with Crippen LogP contribution in [0.25, 0.3) is 0 Å². The Morgan fingerprint density at radius 2 is 0.824 bits per heavy atom. The Morgan fingerprint density at radius 3 is 1.21 bits per heavy atom. The summed E-state index contributed by atoms with van der Waals surface area (Å²) in [5.74, 6) is 1.42. The molecule has 1 radical (unpaired) electrons. The van der Waals surface area contributed by atoms with Crippen LogP contribution in [0.4, 0.5) is 23.3 Å². The highest BCUT2D eigenvalue weighted by molar-refractivity contribution is 5.59. The molecule has 1 heterocycles. The number of nitrogens with one attached hydrogen (secondary N) is 2. The molecule has 0 aliphatic carbocycles. The zero-order valence-electron chi connectivity index (χ0n) is 18.6. The van der Waals surface area contributed by atoms with Crippen molar-refractivity contribution in [1.82, 2.24) is 15.0 Å². The average Bonchev–Trinajstić information content (AvgIpc) is 2.90. The summed E-state index contributed by atoms with van der Waals surface area (Å²) in [7, 11) is 0. The summed E-state index contributed by atoms with van der Waals surface area (Å²) in [6.07, 6.45) is 0. The lowest BCUT2D eigenvalue weighted by Crippen LogP contribution is -2.29. The molecular formula is C29H24N5. The molecule has 5 heteroatoms. The first-order chi connectivity index (χ1) is 16.7. The van der Waals surface area contributed by atoms with Crippen LogP contribution in [0.1, 0.15) is 17.0 Å². The molecule has 0 bridgehead atoms. The van der Waals surface area contributed by atoms with Crippen LogP contribution in [0.3, 0.4) is 0 Å². The third kappa shape index (κ3) is 4.50. The van der Waals surface area contributed by atoms with Crippen LogP contribution in [-0.4, -0.2) is 15.0 Å². The maximum Gasteiger partial charge on any atom is 0.232 e. The van der Waals surface area contributed by atoms with Crippen molar-refractivity contribution in [3.63, 3.8) is 0 Å². The number of hydrogen-bond donors (Lipinski definition) is 2. The van der Waals surface area contributed by atoms with E-state index in [2.05, 4.69) is 46.8 Å². The first kappa shape index (κ1) is 21.3. The van der Waals surface area contributed by atoms with Crippen molar-refractivity contribution in [2.75, 3.05) is 10.6 Å². The molecular weight excluding hydrogens is 418 g/mol. The number of aromatic nitrogens is 3. The van der Waals surface area contributed by atoms with E-state index in [1.54, 1.807) is 0 Å². The van der Waals surface area contributed by atoms with Crippen molar-refractivity contribution >= 4 is 23.3 Å². The van der Waals surface area contributed by atoms with Crippen molar-refractivity contribution in [3.8, 4) is 0 Å². The van der Waals surface area contributed by atoms with E-state index < -0.39 is 5.41 Å². The van der Waals surface area contributed by atoms with Crippen molar-refractivity contribution in [2.45, 2.75) is 5.41 Å². The Bertz CT molecular complexity index is 1240. The predicted molar refractivity (Wildman–Crippen MR) is 137 cm³/mol. The topological polar surface area (TPSA) is 62.7 Å². The molecule has 0 fully saturated rings. The number of para-hydroxylation sites is 2. The first-order valence-corrected chi connectivity index (χ1v) is 11.1. The summed E-state index contributed by atoms with van der Waals surface area (Å²) in [5, 5.41) is 6.63. The Morgan fingerprint density at radius 1 is 0.471 bits per heavy atom. The molecule has 0 unspecified atom stereocenters. The normalized spacial score (nSPS) is 11.1. The molecule has 0 spiro atoms. The number of rotatable bonds is 7. The van der Waals surface area contributed by atoms with Crippen LogP contribution in [0, 0.1) is 6.92 Å². The standard InChI is InChI=1S/C29H24N5/c1-29(22-14-6-2-7-15-22,23-16-8-3-9-17-23)26-32-27(30-24-18-10-4-11-19-24)34-28(33-26)31-25-20-12-5-13-21-25/h2-21H,1H2,(H2,30,31,32,33,34). The summed E-state index contributed by atoms with van der Waals surface area (Å²) < 4.78 is 0. The highest BCUT2D eigenvalue weighted by atomic mass is 15.2. The van der Waals surface area contributed by atoms with Gasteiger partial charge in [0.2, 0.25) is 11.9 Å². The summed E-state index contributed by atoms with van der Waals surface area (Å²) >= 11 is 0. The lowest BCUT2D eigenvalue weighted by atomic mass is 9.75. The molecule has 5 nitrogen and oxygen atoms in total. The van der Waals surface area contributed by atoms with Gasteiger partial charge in [-0.15, -0.1) is 0 Å². The molecule has 0 saturated heterocycles. The van der Waals surface area contributed by atoms with Crippen LogP contribution in [0.5, 0.6) is 0 Å². The van der Waals surface area contributed by atoms with Gasteiger partial charge in [0.1, 0.15) is 0 Å². The van der Waals surface area contributed by atoms with E-state index in [0.717, 1.165) is 22.5 Å². The maximum atomic E-state index is 4.86. The van der Waals surface area contributed by atoms with Crippen molar-refractivity contribution in [2.24, 2.45) is 0 Å². The van der Waals surface area contributed by atoms with Gasteiger partial charge in [-0.1, -0.05) is 97.1 Å². The lowest BCUT2D eigenvalue weighted by molar-refractivity contribution is 0.697. The molecule has 0 atom stereocenters. The van der Waals surface area contributed by atoms with Crippen molar-refractivity contribution < 1.29 is 0 Å². The molecule has 165 valence electrons. The molecule has 4 aromatic carbocycles. The average molecular weight is 443 g/mol. The third-order valence-electron chi connectivity index (χ3n) is 5.61. The molecule has 5 rings (SSSR count). The van der Waals surface area contributed by atoms with Crippen LogP contribution in [0.2, 0.25) is 0 Å². The van der Waals surface area contributed by atoms with Gasteiger partial charge in [0.15, 0.2) is 5.82 Å². The zero-order chi connectivity index (χ0) is 23.2. The Balaban J connectivity index is 1.67. The minimum absolute atomic E-state index is 0.439. The van der Waals surface area contributed by atoms with E-state index in [1.807, 2.05) is 97.1 Å². The van der Waals surface area contributed by atoms with E-state index in [1.165, 1.54) is 0 Å². The van der Waals surface area contributed by atoms with E-state index in [0.29, 0.717) is 17.7 Å². The quantitative estimate of drug-likeness (QED) is 0.300. The SMILES string of the molecule is [CH2]C(c1ccccc1)(c1ccccc1)c1nc(Nc2ccccc2)nc(Nc2ccccc2)n1. The zero-order valence-corrected chi connectivity index (χ0v) is 18.6. The van der Waals surface area contributed by atoms with Gasteiger partial charge >= 0.3 is 0 Å². The summed E-state index contributed by atoms with van der Waals surface area (Å²) in [6.45, 7) is 4.67. The van der Waals surface area contributed by atoms with Gasteiger partial charge in [0.25, 0.3) is 0 Å². The summed E-state index contributed by atoms with van der Waals surface area (Å²) in [4.78, 5) is 14.4. The van der Waals surface area contributed by atoms with Gasteiger partial charge in [-0.25, -0.2) is 0 Å². The minimum Gasteiger partial charge on any atom is -0.324 e. The Labute approximate surface area is 199 Å². The molecule has 0 aliphatic rings. The van der Waals surface area contributed by atoms with Crippen LogP contribution in [-0.2, 0) is 5.41 Å². The second-order valence-corrected chi connectivity index (χ2v) is 7.93. The van der Waals surface area contributed by atoms with Crippen LogP contribution in [0.15, 0.2) is 121 Å². The minimum atomic E-state index is -0.842. The molecule has 0 aliphatic heterocycles. The van der Waals surface area contributed by atoms with Gasteiger partial charge in [-0.3, -0.25) is 0 Å². The molecule has 1 aromatic heterocycles. The smallest absolute Gasteiger partial charge is 0.232 e. The van der Waals surface area contributed by atoms with Crippen LogP contribution >= 0.6 is 0 Å². The van der Waals surface area contributed by atoms with Gasteiger partial charge in [-0.05, 0) is 42.3 Å². The monoisotopic (exact) mass is 442 g/mol. The van der Waals surface area contributed by atoms with E-state index in [-0.39, 0.29) is 0 Å². The van der Waals surface area contributed by atoms with Gasteiger partial charge in [-0.2, -0.15) is 15.0 Å². The van der Waals surface area contributed by atoms with E-state index >= 15 is 0 Å². The second kappa shape index (κ2) is 9.55. The fourth-order valence-electron chi connectivity index (χ4n) is 3.85. The predicted octanol–water partition coefficient (Wildman–Crippen LogP) is 6.53. The Kier molecular flexibility index (Phi) is 5.99. The van der Waals surface area contributed by atoms with Gasteiger partial charge in [0, 0.05) is 11.4 Å². The summed E-state index contributed by atoms with van der Waals surface area (Å²) in [5.41, 5.74) is 2.91. The third-order valence-corrected chi connectivity index (χ3v) is 5.61. The van der Waals surface area contributed by atoms with Crippen molar-refractivity contribution in [1.29, 1.82) is 0 Å². The maximum absolute atomic E-state index is 4.86. The molecule has 0 saturated carbocycles. The largest absolute Gasteiger partial charge is 0.324 e. The fourth-order valence-corrected chi connectivity index (χ4v) is 3.85. The summed E-state index contributed by atoms with van der Waals surface area (Å²) in [6, 6.07) is 39.9. The number of anilines is 4. The number of nitrogens with zero attached hydrogens (tertiary/aromatic N) is 3. The highest BCUT2D eigenvalue weighted by Crippen LogP contribution is 2.37. The van der Waals surface area contributed by atoms with Gasteiger partial charge < -0.3 is 10.6 Å². The highest BCUT2D eigenvalue weighted by Gasteiger charge is 2.35. The van der Waals surface area contributed by atoms with E-state index in [9.17, 15) is 0 Å². The number of benzene rings is 4. The van der Waals surface area contributed by atoms with Crippen molar-refractivity contribution in [3.05, 3.63) is 145 Å². The Hall–Kier alpha value is -4.51.